The summed E-state index contributed by atoms with van der Waals surface area (Å²) in [5.41, 5.74) is 0.974. The Bertz CT molecular complexity index is 552. The van der Waals surface area contributed by atoms with Gasteiger partial charge < -0.3 is 10.1 Å². The van der Waals surface area contributed by atoms with Crippen molar-refractivity contribution >= 4 is 15.7 Å². The van der Waals surface area contributed by atoms with Gasteiger partial charge in [-0.1, -0.05) is 32.6 Å². The molecular weight excluding hydrogens is 312 g/mol. The fraction of sp³-hybridized carbons (Fsp3) is 0.647. The van der Waals surface area contributed by atoms with Crippen LogP contribution in [0.1, 0.15) is 39.0 Å². The molecule has 1 N–H and O–H groups in total. The smallest absolute Gasteiger partial charge is 0.243 e. The zero-order valence-electron chi connectivity index (χ0n) is 14.0. The summed E-state index contributed by atoms with van der Waals surface area (Å²) in [5, 5.41) is 3.35. The van der Waals surface area contributed by atoms with Gasteiger partial charge >= 0.3 is 0 Å². The van der Waals surface area contributed by atoms with Crippen molar-refractivity contribution in [2.24, 2.45) is 0 Å². The Morgan fingerprint density at radius 3 is 2.35 bits per heavy atom. The molecular formula is C17H28N2O3S. The first-order chi connectivity index (χ1) is 11.1. The molecule has 1 fully saturated rings. The molecule has 0 amide bonds. The zero-order valence-corrected chi connectivity index (χ0v) is 14.8. The topological polar surface area (TPSA) is 58.6 Å². The van der Waals surface area contributed by atoms with Crippen LogP contribution in [0.2, 0.25) is 0 Å². The molecule has 0 saturated carbocycles. The minimum atomic E-state index is -3.39. The van der Waals surface area contributed by atoms with E-state index < -0.39 is 10.0 Å². The lowest BCUT2D eigenvalue weighted by atomic mass is 10.1. The number of hydrogen-bond acceptors (Lipinski definition) is 4. The van der Waals surface area contributed by atoms with Crippen molar-refractivity contribution < 1.29 is 13.2 Å². The molecule has 0 spiro atoms. The molecule has 0 atom stereocenters. The number of ether oxygens (including phenoxy) is 1. The third-order valence-electron chi connectivity index (χ3n) is 4.07. The average molecular weight is 340 g/mol. The Morgan fingerprint density at radius 2 is 1.70 bits per heavy atom. The summed E-state index contributed by atoms with van der Waals surface area (Å²) < 4.78 is 31.7. The standard InChI is InChI=1S/C17H28N2O3S/c1-2-3-4-5-6-11-18-16-7-9-17(10-8-16)23(20,21)19-12-14-22-15-13-19/h7-10,18H,2-6,11-15H2,1H3. The minimum Gasteiger partial charge on any atom is -0.385 e. The van der Waals surface area contributed by atoms with Gasteiger partial charge in [0.25, 0.3) is 0 Å². The molecule has 2 rings (SSSR count). The Labute approximate surface area is 140 Å². The fourth-order valence-electron chi connectivity index (χ4n) is 2.64. The van der Waals surface area contributed by atoms with E-state index in [-0.39, 0.29) is 0 Å². The molecule has 5 nitrogen and oxygen atoms in total. The predicted octanol–water partition coefficient (Wildman–Crippen LogP) is 3.09. The van der Waals surface area contributed by atoms with Crippen LogP contribution in [-0.4, -0.2) is 45.6 Å². The number of nitrogens with zero attached hydrogens (tertiary/aromatic N) is 1. The largest absolute Gasteiger partial charge is 0.385 e. The van der Waals surface area contributed by atoms with Crippen LogP contribution in [0.3, 0.4) is 0 Å². The van der Waals surface area contributed by atoms with Gasteiger partial charge in [0.1, 0.15) is 0 Å². The summed E-state index contributed by atoms with van der Waals surface area (Å²) in [4.78, 5) is 0.355. The van der Waals surface area contributed by atoms with Crippen LogP contribution in [0.4, 0.5) is 5.69 Å². The molecule has 1 aliphatic rings. The second kappa shape index (κ2) is 9.25. The molecule has 0 bridgehead atoms. The van der Waals surface area contributed by atoms with Crippen LogP contribution < -0.4 is 5.32 Å². The van der Waals surface area contributed by atoms with Gasteiger partial charge in [-0.15, -0.1) is 0 Å². The van der Waals surface area contributed by atoms with E-state index in [0.717, 1.165) is 18.7 Å². The highest BCUT2D eigenvalue weighted by Gasteiger charge is 2.25. The van der Waals surface area contributed by atoms with Crippen LogP contribution in [0.5, 0.6) is 0 Å². The third kappa shape index (κ3) is 5.48. The van der Waals surface area contributed by atoms with Crippen molar-refractivity contribution in [3.63, 3.8) is 0 Å². The van der Waals surface area contributed by atoms with Crippen LogP contribution in [0.25, 0.3) is 0 Å². The Morgan fingerprint density at radius 1 is 1.04 bits per heavy atom. The molecule has 130 valence electrons. The quantitative estimate of drug-likeness (QED) is 0.702. The van der Waals surface area contributed by atoms with Crippen LogP contribution >= 0.6 is 0 Å². The molecule has 1 saturated heterocycles. The van der Waals surface area contributed by atoms with Gasteiger partial charge in [0.2, 0.25) is 10.0 Å². The SMILES string of the molecule is CCCCCCCNc1ccc(S(=O)(=O)N2CCOCC2)cc1. The molecule has 0 radical (unpaired) electrons. The van der Waals surface area contributed by atoms with Crippen LogP contribution in [0.15, 0.2) is 29.2 Å². The summed E-state index contributed by atoms with van der Waals surface area (Å²) in [6, 6.07) is 7.06. The lowest BCUT2D eigenvalue weighted by Crippen LogP contribution is -2.40. The van der Waals surface area contributed by atoms with Gasteiger partial charge in [0, 0.05) is 25.3 Å². The van der Waals surface area contributed by atoms with Gasteiger partial charge in [0.05, 0.1) is 18.1 Å². The van der Waals surface area contributed by atoms with Crippen molar-refractivity contribution in [2.75, 3.05) is 38.2 Å². The molecule has 1 aromatic rings. The second-order valence-electron chi connectivity index (χ2n) is 5.88. The van der Waals surface area contributed by atoms with Gasteiger partial charge in [-0.2, -0.15) is 4.31 Å². The summed E-state index contributed by atoms with van der Waals surface area (Å²) in [5.74, 6) is 0. The lowest BCUT2D eigenvalue weighted by molar-refractivity contribution is 0.0730. The van der Waals surface area contributed by atoms with Gasteiger partial charge in [-0.05, 0) is 30.7 Å². The molecule has 1 aliphatic heterocycles. The van der Waals surface area contributed by atoms with E-state index in [9.17, 15) is 8.42 Å². The van der Waals surface area contributed by atoms with Crippen molar-refractivity contribution in [3.8, 4) is 0 Å². The predicted molar refractivity (Wildman–Crippen MR) is 93.3 cm³/mol. The summed E-state index contributed by atoms with van der Waals surface area (Å²) in [6.07, 6.45) is 6.23. The fourth-order valence-corrected chi connectivity index (χ4v) is 4.05. The molecule has 6 heteroatoms. The van der Waals surface area contributed by atoms with Crippen LogP contribution in [-0.2, 0) is 14.8 Å². The molecule has 0 aromatic heterocycles. The monoisotopic (exact) mass is 340 g/mol. The van der Waals surface area contributed by atoms with E-state index in [2.05, 4.69) is 12.2 Å². The van der Waals surface area contributed by atoms with Crippen LogP contribution in [0, 0.1) is 0 Å². The normalized spacial score (nSPS) is 16.4. The number of hydrogen-bond donors (Lipinski definition) is 1. The van der Waals surface area contributed by atoms with E-state index in [1.165, 1.54) is 30.0 Å². The highest BCUT2D eigenvalue weighted by atomic mass is 32.2. The lowest BCUT2D eigenvalue weighted by Gasteiger charge is -2.26. The second-order valence-corrected chi connectivity index (χ2v) is 7.82. The summed E-state index contributed by atoms with van der Waals surface area (Å²) in [6.45, 7) is 4.94. The van der Waals surface area contributed by atoms with E-state index in [0.29, 0.717) is 31.2 Å². The van der Waals surface area contributed by atoms with Crippen molar-refractivity contribution in [3.05, 3.63) is 24.3 Å². The van der Waals surface area contributed by atoms with Gasteiger partial charge in [-0.3, -0.25) is 0 Å². The minimum absolute atomic E-state index is 0.355. The Hall–Kier alpha value is -1.11. The van der Waals surface area contributed by atoms with E-state index in [4.69, 9.17) is 4.74 Å². The number of benzene rings is 1. The molecule has 1 aromatic carbocycles. The van der Waals surface area contributed by atoms with Gasteiger partial charge in [-0.25, -0.2) is 8.42 Å². The summed E-state index contributed by atoms with van der Waals surface area (Å²) >= 11 is 0. The highest BCUT2D eigenvalue weighted by Crippen LogP contribution is 2.19. The van der Waals surface area contributed by atoms with E-state index in [1.54, 1.807) is 12.1 Å². The molecule has 0 unspecified atom stereocenters. The van der Waals surface area contributed by atoms with E-state index >= 15 is 0 Å². The Balaban J connectivity index is 1.84. The Kier molecular flexibility index (Phi) is 7.33. The maximum absolute atomic E-state index is 12.5. The number of morpholine rings is 1. The third-order valence-corrected chi connectivity index (χ3v) is 5.98. The number of sulfonamides is 1. The van der Waals surface area contributed by atoms with Crippen molar-refractivity contribution in [2.45, 2.75) is 43.9 Å². The van der Waals surface area contributed by atoms with Crippen molar-refractivity contribution in [1.82, 2.24) is 4.31 Å². The molecule has 0 aliphatic carbocycles. The first-order valence-electron chi connectivity index (χ1n) is 8.56. The summed E-state index contributed by atoms with van der Waals surface area (Å²) in [7, 11) is -3.39. The number of unbranched alkanes of at least 4 members (excludes halogenated alkanes) is 4. The number of anilines is 1. The maximum Gasteiger partial charge on any atom is 0.243 e. The molecule has 1 heterocycles. The van der Waals surface area contributed by atoms with E-state index in [1.807, 2.05) is 12.1 Å². The van der Waals surface area contributed by atoms with Crippen molar-refractivity contribution in [1.29, 1.82) is 0 Å². The average Bonchev–Trinajstić information content (AvgIpc) is 2.59. The number of nitrogens with one attached hydrogen (secondary N) is 1. The number of rotatable bonds is 9. The highest BCUT2D eigenvalue weighted by molar-refractivity contribution is 7.89. The zero-order chi connectivity index (χ0) is 16.5. The molecule has 23 heavy (non-hydrogen) atoms. The van der Waals surface area contributed by atoms with Gasteiger partial charge in [0.15, 0.2) is 0 Å². The maximum atomic E-state index is 12.5. The first-order valence-corrected chi connectivity index (χ1v) is 10.0. The first kappa shape index (κ1) is 18.2.